The highest BCUT2D eigenvalue weighted by Gasteiger charge is 2.07. The van der Waals surface area contributed by atoms with Gasteiger partial charge in [-0.15, -0.1) is 0 Å². The molecular weight excluding hydrogens is 284 g/mol. The molecule has 3 nitrogen and oxygen atoms in total. The van der Waals surface area contributed by atoms with E-state index in [2.05, 4.69) is 4.98 Å². The SMILES string of the molecule is Cc1ccc(Cl)c(OCc2cc3ccccc3nc2N)c1. The van der Waals surface area contributed by atoms with Crippen molar-refractivity contribution in [3.05, 3.63) is 64.7 Å². The van der Waals surface area contributed by atoms with Crippen LogP contribution in [-0.4, -0.2) is 4.98 Å². The van der Waals surface area contributed by atoms with Crippen LogP contribution in [0.5, 0.6) is 5.75 Å². The lowest BCUT2D eigenvalue weighted by Crippen LogP contribution is -2.03. The standard InChI is InChI=1S/C17H15ClN2O/c1-11-6-7-14(18)16(8-11)21-10-13-9-12-4-2-3-5-15(12)20-17(13)19/h2-9H,10H2,1H3,(H2,19,20). The van der Waals surface area contributed by atoms with Crippen LogP contribution in [0.2, 0.25) is 5.02 Å². The van der Waals surface area contributed by atoms with E-state index >= 15 is 0 Å². The molecule has 0 spiro atoms. The summed E-state index contributed by atoms with van der Waals surface area (Å²) >= 11 is 6.13. The van der Waals surface area contributed by atoms with Gasteiger partial charge in [-0.25, -0.2) is 4.98 Å². The quantitative estimate of drug-likeness (QED) is 0.781. The molecule has 3 rings (SSSR count). The summed E-state index contributed by atoms with van der Waals surface area (Å²) in [6.07, 6.45) is 0. The van der Waals surface area contributed by atoms with Gasteiger partial charge in [0, 0.05) is 10.9 Å². The third-order valence-electron chi connectivity index (χ3n) is 3.31. The van der Waals surface area contributed by atoms with Gasteiger partial charge in [-0.05, 0) is 36.8 Å². The first-order chi connectivity index (χ1) is 10.1. The maximum atomic E-state index is 6.13. The van der Waals surface area contributed by atoms with Gasteiger partial charge in [0.25, 0.3) is 0 Å². The zero-order valence-corrected chi connectivity index (χ0v) is 12.4. The van der Waals surface area contributed by atoms with E-state index in [-0.39, 0.29) is 0 Å². The van der Waals surface area contributed by atoms with Crippen LogP contribution >= 0.6 is 11.6 Å². The summed E-state index contributed by atoms with van der Waals surface area (Å²) in [6, 6.07) is 15.5. The largest absolute Gasteiger partial charge is 0.487 e. The second kappa shape index (κ2) is 5.62. The Hall–Kier alpha value is -2.26. The second-order valence-corrected chi connectivity index (χ2v) is 5.36. The molecule has 0 radical (unpaired) electrons. The first kappa shape index (κ1) is 13.7. The van der Waals surface area contributed by atoms with Gasteiger partial charge in [0.05, 0.1) is 10.5 Å². The van der Waals surface area contributed by atoms with E-state index in [1.165, 1.54) is 0 Å². The summed E-state index contributed by atoms with van der Waals surface area (Å²) in [5, 5.41) is 1.63. The molecule has 0 atom stereocenters. The lowest BCUT2D eigenvalue weighted by atomic mass is 10.1. The lowest BCUT2D eigenvalue weighted by Gasteiger charge is -2.11. The smallest absolute Gasteiger partial charge is 0.138 e. The fraction of sp³-hybridized carbons (Fsp3) is 0.118. The van der Waals surface area contributed by atoms with Crippen LogP contribution in [0.25, 0.3) is 10.9 Å². The van der Waals surface area contributed by atoms with E-state index in [0.29, 0.717) is 23.2 Å². The summed E-state index contributed by atoms with van der Waals surface area (Å²) in [4.78, 5) is 4.39. The van der Waals surface area contributed by atoms with E-state index in [4.69, 9.17) is 22.1 Å². The monoisotopic (exact) mass is 298 g/mol. The maximum absolute atomic E-state index is 6.13. The summed E-state index contributed by atoms with van der Waals surface area (Å²) in [6.45, 7) is 2.34. The normalized spacial score (nSPS) is 10.8. The Morgan fingerprint density at radius 1 is 1.14 bits per heavy atom. The number of hydrogen-bond donors (Lipinski definition) is 1. The third-order valence-corrected chi connectivity index (χ3v) is 3.62. The summed E-state index contributed by atoms with van der Waals surface area (Å²) in [5.74, 6) is 1.14. The van der Waals surface area contributed by atoms with E-state index in [1.807, 2.05) is 55.5 Å². The maximum Gasteiger partial charge on any atom is 0.138 e. The van der Waals surface area contributed by atoms with Crippen LogP contribution in [0.4, 0.5) is 5.82 Å². The third kappa shape index (κ3) is 2.93. The average Bonchev–Trinajstić information content (AvgIpc) is 2.48. The van der Waals surface area contributed by atoms with Gasteiger partial charge < -0.3 is 10.5 Å². The van der Waals surface area contributed by atoms with E-state index in [1.54, 1.807) is 0 Å². The van der Waals surface area contributed by atoms with Crippen LogP contribution in [0.1, 0.15) is 11.1 Å². The molecule has 0 fully saturated rings. The number of nitrogen functional groups attached to an aromatic ring is 1. The number of nitrogens with two attached hydrogens (primary N) is 1. The highest BCUT2D eigenvalue weighted by molar-refractivity contribution is 6.32. The molecule has 2 aromatic carbocycles. The molecule has 0 aliphatic rings. The number of hydrogen-bond acceptors (Lipinski definition) is 3. The van der Waals surface area contributed by atoms with Crippen LogP contribution in [0.15, 0.2) is 48.5 Å². The Labute approximate surface area is 128 Å². The van der Waals surface area contributed by atoms with Gasteiger partial charge >= 0.3 is 0 Å². The van der Waals surface area contributed by atoms with E-state index in [9.17, 15) is 0 Å². The molecule has 0 bridgehead atoms. The molecule has 3 aromatic rings. The van der Waals surface area contributed by atoms with Crippen LogP contribution in [0, 0.1) is 6.92 Å². The summed E-state index contributed by atoms with van der Waals surface area (Å²) < 4.78 is 5.78. The lowest BCUT2D eigenvalue weighted by molar-refractivity contribution is 0.307. The van der Waals surface area contributed by atoms with Crippen molar-refractivity contribution in [2.24, 2.45) is 0 Å². The highest BCUT2D eigenvalue weighted by atomic mass is 35.5. The van der Waals surface area contributed by atoms with Crippen molar-refractivity contribution >= 4 is 28.3 Å². The summed E-state index contributed by atoms with van der Waals surface area (Å²) in [5.41, 5.74) is 8.83. The van der Waals surface area contributed by atoms with Crippen molar-refractivity contribution in [2.75, 3.05) is 5.73 Å². The Morgan fingerprint density at radius 3 is 2.81 bits per heavy atom. The van der Waals surface area contributed by atoms with Crippen LogP contribution < -0.4 is 10.5 Å². The molecule has 0 saturated carbocycles. The van der Waals surface area contributed by atoms with Crippen molar-refractivity contribution in [2.45, 2.75) is 13.5 Å². The molecule has 0 amide bonds. The first-order valence-corrected chi connectivity index (χ1v) is 7.04. The van der Waals surface area contributed by atoms with Crippen LogP contribution in [-0.2, 0) is 6.61 Å². The highest BCUT2D eigenvalue weighted by Crippen LogP contribution is 2.27. The fourth-order valence-corrected chi connectivity index (χ4v) is 2.34. The van der Waals surface area contributed by atoms with Gasteiger partial charge in [-0.1, -0.05) is 35.9 Å². The Bertz CT molecular complexity index is 802. The number of fused-ring (bicyclic) bond motifs is 1. The fourth-order valence-electron chi connectivity index (χ4n) is 2.17. The van der Waals surface area contributed by atoms with Gasteiger partial charge in [-0.3, -0.25) is 0 Å². The zero-order chi connectivity index (χ0) is 14.8. The number of rotatable bonds is 3. The Morgan fingerprint density at radius 2 is 1.95 bits per heavy atom. The van der Waals surface area contributed by atoms with E-state index < -0.39 is 0 Å². The molecule has 4 heteroatoms. The van der Waals surface area contributed by atoms with Gasteiger partial charge in [0.15, 0.2) is 0 Å². The number of nitrogens with zero attached hydrogens (tertiary/aromatic N) is 1. The number of aromatic nitrogens is 1. The molecule has 0 aliphatic heterocycles. The number of para-hydroxylation sites is 1. The number of aryl methyl sites for hydroxylation is 1. The van der Waals surface area contributed by atoms with Crippen LogP contribution in [0.3, 0.4) is 0 Å². The minimum absolute atomic E-state index is 0.340. The van der Waals surface area contributed by atoms with Gasteiger partial charge in [0.2, 0.25) is 0 Å². The predicted molar refractivity (Wildman–Crippen MR) is 86.7 cm³/mol. The van der Waals surface area contributed by atoms with Gasteiger partial charge in [0.1, 0.15) is 18.2 Å². The molecule has 1 aromatic heterocycles. The molecular formula is C17H15ClN2O. The first-order valence-electron chi connectivity index (χ1n) is 6.66. The average molecular weight is 299 g/mol. The summed E-state index contributed by atoms with van der Waals surface area (Å²) in [7, 11) is 0. The number of pyridine rings is 1. The second-order valence-electron chi connectivity index (χ2n) is 4.95. The topological polar surface area (TPSA) is 48.1 Å². The predicted octanol–water partition coefficient (Wildman–Crippen LogP) is 4.36. The number of ether oxygens (including phenoxy) is 1. The minimum Gasteiger partial charge on any atom is -0.487 e. The van der Waals surface area contributed by atoms with Crippen molar-refractivity contribution in [3.8, 4) is 5.75 Å². The van der Waals surface area contributed by atoms with Gasteiger partial charge in [-0.2, -0.15) is 0 Å². The number of benzene rings is 2. The van der Waals surface area contributed by atoms with E-state index in [0.717, 1.165) is 22.0 Å². The zero-order valence-electron chi connectivity index (χ0n) is 11.6. The Kier molecular flexibility index (Phi) is 3.67. The molecule has 21 heavy (non-hydrogen) atoms. The molecule has 0 unspecified atom stereocenters. The number of anilines is 1. The van der Waals surface area contributed by atoms with Crippen molar-refractivity contribution in [1.29, 1.82) is 0 Å². The molecule has 1 heterocycles. The Balaban J connectivity index is 1.88. The van der Waals surface area contributed by atoms with Crippen molar-refractivity contribution in [3.63, 3.8) is 0 Å². The molecule has 106 valence electrons. The minimum atomic E-state index is 0.340. The molecule has 0 saturated heterocycles. The molecule has 2 N–H and O–H groups in total. The van der Waals surface area contributed by atoms with Crippen molar-refractivity contribution < 1.29 is 4.74 Å². The van der Waals surface area contributed by atoms with Crippen molar-refractivity contribution in [1.82, 2.24) is 4.98 Å². The number of halogens is 1. The molecule has 0 aliphatic carbocycles.